The molecule has 0 bridgehead atoms. The van der Waals surface area contributed by atoms with E-state index in [1.54, 1.807) is 0 Å². The van der Waals surface area contributed by atoms with E-state index >= 15 is 0 Å². The molecule has 132 valence electrons. The highest BCUT2D eigenvalue weighted by atomic mass is 32.2. The molecule has 1 atom stereocenters. The van der Waals surface area contributed by atoms with Crippen LogP contribution < -0.4 is 5.32 Å². The average Bonchev–Trinajstić information content (AvgIpc) is 3.09. The van der Waals surface area contributed by atoms with Gasteiger partial charge in [-0.1, -0.05) is 36.0 Å². The molecule has 4 nitrogen and oxygen atoms in total. The van der Waals surface area contributed by atoms with Gasteiger partial charge >= 0.3 is 0 Å². The van der Waals surface area contributed by atoms with Gasteiger partial charge in [-0.3, -0.25) is 4.79 Å². The number of para-hydroxylation sites is 1. The average molecular weight is 363 g/mol. The van der Waals surface area contributed by atoms with E-state index in [2.05, 4.69) is 27.4 Å². The van der Waals surface area contributed by atoms with Crippen molar-refractivity contribution in [2.75, 3.05) is 5.32 Å². The van der Waals surface area contributed by atoms with Crippen molar-refractivity contribution in [3.8, 4) is 0 Å². The fraction of sp³-hybridized carbons (Fsp3) is 0.286. The molecule has 5 heteroatoms. The van der Waals surface area contributed by atoms with Crippen molar-refractivity contribution in [3.63, 3.8) is 0 Å². The summed E-state index contributed by atoms with van der Waals surface area (Å²) in [7, 11) is 0. The first-order valence-electron chi connectivity index (χ1n) is 8.93. The van der Waals surface area contributed by atoms with Gasteiger partial charge in [-0.2, -0.15) is 0 Å². The smallest absolute Gasteiger partial charge is 0.237 e. The van der Waals surface area contributed by atoms with Crippen molar-refractivity contribution in [3.05, 3.63) is 59.4 Å². The topological polar surface area (TPSA) is 54.9 Å². The molecule has 1 heterocycles. The number of rotatable bonds is 4. The number of hydrogen-bond donors (Lipinski definition) is 1. The molecule has 1 aromatic heterocycles. The molecule has 1 aliphatic carbocycles. The molecule has 0 saturated heterocycles. The van der Waals surface area contributed by atoms with Gasteiger partial charge in [0.1, 0.15) is 10.9 Å². The Bertz CT molecular complexity index is 986. The Hall–Kier alpha value is -2.40. The Balaban J connectivity index is 1.51. The summed E-state index contributed by atoms with van der Waals surface area (Å²) in [4.78, 5) is 21.7. The third kappa shape index (κ3) is 3.44. The number of fused-ring (bicyclic) bond motifs is 2. The molecule has 0 radical (unpaired) electrons. The second kappa shape index (κ2) is 7.08. The molecule has 1 N–H and O–H groups in total. The Kier molecular flexibility index (Phi) is 4.64. The van der Waals surface area contributed by atoms with Crippen molar-refractivity contribution in [2.24, 2.45) is 0 Å². The first kappa shape index (κ1) is 17.0. The third-order valence-electron chi connectivity index (χ3n) is 4.70. The van der Waals surface area contributed by atoms with Gasteiger partial charge in [0.15, 0.2) is 0 Å². The number of carbonyl (C=O) groups is 1. The maximum atomic E-state index is 12.7. The third-order valence-corrected chi connectivity index (χ3v) is 5.81. The number of anilines is 1. The summed E-state index contributed by atoms with van der Waals surface area (Å²) < 4.78 is 0. The highest BCUT2D eigenvalue weighted by Gasteiger charge is 2.18. The van der Waals surface area contributed by atoms with E-state index in [1.165, 1.54) is 29.3 Å². The van der Waals surface area contributed by atoms with E-state index in [1.807, 2.05) is 44.2 Å². The first-order chi connectivity index (χ1) is 12.6. The van der Waals surface area contributed by atoms with Crippen molar-refractivity contribution in [1.82, 2.24) is 9.97 Å². The Morgan fingerprint density at radius 2 is 1.92 bits per heavy atom. The molecule has 2 aromatic carbocycles. The van der Waals surface area contributed by atoms with Gasteiger partial charge in [0.05, 0.1) is 10.8 Å². The maximum absolute atomic E-state index is 12.7. The summed E-state index contributed by atoms with van der Waals surface area (Å²) in [5.74, 6) is 0.714. The van der Waals surface area contributed by atoms with Gasteiger partial charge < -0.3 is 5.32 Å². The van der Waals surface area contributed by atoms with Crippen LogP contribution in [0.3, 0.4) is 0 Å². The Labute approximate surface area is 157 Å². The van der Waals surface area contributed by atoms with Gasteiger partial charge in [0, 0.05) is 11.1 Å². The van der Waals surface area contributed by atoms with Crippen LogP contribution in [0, 0.1) is 6.92 Å². The van der Waals surface area contributed by atoms with Gasteiger partial charge in [-0.05, 0) is 62.4 Å². The largest absolute Gasteiger partial charge is 0.325 e. The number of hydrogen-bond acceptors (Lipinski definition) is 4. The number of benzene rings is 2. The number of thioether (sulfide) groups is 1. The van der Waals surface area contributed by atoms with Crippen LogP contribution in [-0.4, -0.2) is 21.1 Å². The van der Waals surface area contributed by atoms with Crippen LogP contribution in [-0.2, 0) is 17.6 Å². The predicted molar refractivity (Wildman–Crippen MR) is 107 cm³/mol. The van der Waals surface area contributed by atoms with E-state index in [0.717, 1.165) is 40.3 Å². The van der Waals surface area contributed by atoms with Crippen LogP contribution in [0.2, 0.25) is 0 Å². The lowest BCUT2D eigenvalue weighted by Gasteiger charge is -2.14. The zero-order valence-corrected chi connectivity index (χ0v) is 15.8. The Morgan fingerprint density at radius 1 is 1.12 bits per heavy atom. The van der Waals surface area contributed by atoms with Crippen molar-refractivity contribution in [2.45, 2.75) is 43.4 Å². The number of amides is 1. The quantitative estimate of drug-likeness (QED) is 0.546. The molecule has 1 amide bonds. The Morgan fingerprint density at radius 3 is 2.81 bits per heavy atom. The fourth-order valence-corrected chi connectivity index (χ4v) is 4.35. The number of nitrogens with zero attached hydrogens (tertiary/aromatic N) is 2. The lowest BCUT2D eigenvalue weighted by atomic mass is 10.1. The van der Waals surface area contributed by atoms with Crippen LogP contribution in [0.15, 0.2) is 47.5 Å². The molecule has 0 saturated carbocycles. The second-order valence-electron chi connectivity index (χ2n) is 6.68. The molecular weight excluding hydrogens is 342 g/mol. The summed E-state index contributed by atoms with van der Waals surface area (Å²) in [5.41, 5.74) is 4.56. The van der Waals surface area contributed by atoms with E-state index in [4.69, 9.17) is 0 Å². The SMILES string of the molecule is Cc1nc(S[C@H](C)C(=O)Nc2ccc3c(c2)CCC3)c2ccccc2n1. The number of aromatic nitrogens is 2. The van der Waals surface area contributed by atoms with Crippen molar-refractivity contribution >= 4 is 34.3 Å². The van der Waals surface area contributed by atoms with Gasteiger partial charge in [-0.15, -0.1) is 0 Å². The number of aryl methyl sites for hydroxylation is 3. The summed E-state index contributed by atoms with van der Waals surface area (Å²) in [5, 5.41) is 4.64. The van der Waals surface area contributed by atoms with Gasteiger partial charge in [0.2, 0.25) is 5.91 Å². The maximum Gasteiger partial charge on any atom is 0.237 e. The molecule has 0 fully saturated rings. The minimum absolute atomic E-state index is 0.00621. The van der Waals surface area contributed by atoms with Gasteiger partial charge in [0.25, 0.3) is 0 Å². The van der Waals surface area contributed by atoms with Crippen LogP contribution in [0.4, 0.5) is 5.69 Å². The normalized spacial score (nSPS) is 14.2. The van der Waals surface area contributed by atoms with Crippen molar-refractivity contribution < 1.29 is 4.79 Å². The minimum atomic E-state index is -0.249. The summed E-state index contributed by atoms with van der Waals surface area (Å²) in [6.45, 7) is 3.80. The monoisotopic (exact) mass is 363 g/mol. The lowest BCUT2D eigenvalue weighted by Crippen LogP contribution is -2.22. The standard InChI is InChI=1S/C21H21N3OS/c1-13(20(25)24-17-11-10-15-6-5-7-16(15)12-17)26-21-18-8-3-4-9-19(18)22-14(2)23-21/h3-4,8-13H,5-7H2,1-2H3,(H,24,25)/t13-/m1/s1. The predicted octanol–water partition coefficient (Wildman–Crippen LogP) is 4.55. The second-order valence-corrected chi connectivity index (χ2v) is 8.01. The lowest BCUT2D eigenvalue weighted by molar-refractivity contribution is -0.115. The zero-order valence-electron chi connectivity index (χ0n) is 15.0. The number of nitrogens with one attached hydrogen (secondary N) is 1. The molecular formula is C21H21N3OS. The first-order valence-corrected chi connectivity index (χ1v) is 9.81. The molecule has 4 rings (SSSR count). The van der Waals surface area contributed by atoms with Crippen LogP contribution in [0.25, 0.3) is 10.9 Å². The molecule has 3 aromatic rings. The highest BCUT2D eigenvalue weighted by molar-refractivity contribution is 8.00. The van der Waals surface area contributed by atoms with Crippen LogP contribution >= 0.6 is 11.8 Å². The molecule has 1 aliphatic rings. The van der Waals surface area contributed by atoms with E-state index in [9.17, 15) is 4.79 Å². The van der Waals surface area contributed by atoms with E-state index < -0.39 is 0 Å². The minimum Gasteiger partial charge on any atom is -0.325 e. The van der Waals surface area contributed by atoms with Crippen molar-refractivity contribution in [1.29, 1.82) is 0 Å². The molecule has 26 heavy (non-hydrogen) atoms. The summed E-state index contributed by atoms with van der Waals surface area (Å²) >= 11 is 1.48. The fourth-order valence-electron chi connectivity index (χ4n) is 3.36. The summed E-state index contributed by atoms with van der Waals surface area (Å²) in [6.07, 6.45) is 3.46. The highest BCUT2D eigenvalue weighted by Crippen LogP contribution is 2.30. The zero-order chi connectivity index (χ0) is 18.1. The van der Waals surface area contributed by atoms with Crippen LogP contribution in [0.5, 0.6) is 0 Å². The molecule has 0 aliphatic heterocycles. The molecule has 0 spiro atoms. The number of carbonyl (C=O) groups excluding carboxylic acids is 1. The van der Waals surface area contributed by atoms with E-state index in [-0.39, 0.29) is 11.2 Å². The van der Waals surface area contributed by atoms with Crippen LogP contribution in [0.1, 0.15) is 30.3 Å². The van der Waals surface area contributed by atoms with Gasteiger partial charge in [-0.25, -0.2) is 9.97 Å². The molecule has 0 unspecified atom stereocenters. The summed E-state index contributed by atoms with van der Waals surface area (Å²) in [6, 6.07) is 14.2. The van der Waals surface area contributed by atoms with E-state index in [0.29, 0.717) is 0 Å².